The number of benzene rings is 1. The average Bonchev–Trinajstić information content (AvgIpc) is 2.55. The average molecular weight is 200 g/mol. The van der Waals surface area contributed by atoms with Crippen molar-refractivity contribution in [2.75, 3.05) is 0 Å². The van der Waals surface area contributed by atoms with E-state index in [1.807, 2.05) is 44.3 Å². The van der Waals surface area contributed by atoms with Crippen molar-refractivity contribution in [1.82, 2.24) is 9.78 Å². The van der Waals surface area contributed by atoms with Crippen LogP contribution in [0.25, 0.3) is 11.3 Å². The number of carbonyl (C=O) groups excluding carboxylic acids is 1. The standard InChI is InChI=1S/C12H12N2O/c1-9-11(8-15)13-14(2)12(9)10-6-4-3-5-7-10/h3-8H,1-2H3. The molecule has 3 heteroatoms. The van der Waals surface area contributed by atoms with Gasteiger partial charge in [-0.3, -0.25) is 9.48 Å². The van der Waals surface area contributed by atoms with Gasteiger partial charge in [-0.15, -0.1) is 0 Å². The van der Waals surface area contributed by atoms with Crippen molar-refractivity contribution >= 4 is 6.29 Å². The van der Waals surface area contributed by atoms with Gasteiger partial charge in [0, 0.05) is 18.2 Å². The van der Waals surface area contributed by atoms with Gasteiger partial charge in [0.1, 0.15) is 5.69 Å². The van der Waals surface area contributed by atoms with Crippen LogP contribution >= 0.6 is 0 Å². The number of rotatable bonds is 2. The Kier molecular flexibility index (Phi) is 2.37. The maximum atomic E-state index is 10.7. The quantitative estimate of drug-likeness (QED) is 0.696. The number of aldehydes is 1. The summed E-state index contributed by atoms with van der Waals surface area (Å²) in [6.07, 6.45) is 0.793. The normalized spacial score (nSPS) is 10.3. The lowest BCUT2D eigenvalue weighted by atomic mass is 10.1. The molecular weight excluding hydrogens is 188 g/mol. The number of hydrogen-bond donors (Lipinski definition) is 0. The SMILES string of the molecule is Cc1c(C=O)nn(C)c1-c1ccccc1. The lowest BCUT2D eigenvalue weighted by Crippen LogP contribution is -1.94. The van der Waals surface area contributed by atoms with Gasteiger partial charge in [-0.25, -0.2) is 0 Å². The molecule has 0 aliphatic heterocycles. The third-order valence-electron chi connectivity index (χ3n) is 2.48. The highest BCUT2D eigenvalue weighted by Crippen LogP contribution is 2.23. The fourth-order valence-electron chi connectivity index (χ4n) is 1.76. The van der Waals surface area contributed by atoms with E-state index in [-0.39, 0.29) is 0 Å². The van der Waals surface area contributed by atoms with Crippen LogP contribution < -0.4 is 0 Å². The number of aromatic nitrogens is 2. The first-order chi connectivity index (χ1) is 7.24. The maximum Gasteiger partial charge on any atom is 0.170 e. The van der Waals surface area contributed by atoms with Crippen molar-refractivity contribution in [2.45, 2.75) is 6.92 Å². The number of carbonyl (C=O) groups is 1. The van der Waals surface area contributed by atoms with Gasteiger partial charge in [0.2, 0.25) is 0 Å². The molecule has 1 heterocycles. The van der Waals surface area contributed by atoms with E-state index in [2.05, 4.69) is 5.10 Å². The molecule has 15 heavy (non-hydrogen) atoms. The molecule has 2 rings (SSSR count). The summed E-state index contributed by atoms with van der Waals surface area (Å²) in [5, 5.41) is 4.15. The Morgan fingerprint density at radius 2 is 1.93 bits per heavy atom. The lowest BCUT2D eigenvalue weighted by Gasteiger charge is -2.02. The van der Waals surface area contributed by atoms with Crippen LogP contribution in [0.15, 0.2) is 30.3 Å². The van der Waals surface area contributed by atoms with Crippen LogP contribution in [-0.4, -0.2) is 16.1 Å². The van der Waals surface area contributed by atoms with Crippen LogP contribution in [0, 0.1) is 6.92 Å². The van der Waals surface area contributed by atoms with Crippen LogP contribution in [0.3, 0.4) is 0 Å². The molecule has 0 aliphatic carbocycles. The van der Waals surface area contributed by atoms with E-state index in [0.29, 0.717) is 5.69 Å². The van der Waals surface area contributed by atoms with Crippen molar-refractivity contribution in [2.24, 2.45) is 7.05 Å². The van der Waals surface area contributed by atoms with Crippen LogP contribution in [-0.2, 0) is 7.05 Å². The highest BCUT2D eigenvalue weighted by molar-refractivity contribution is 5.79. The van der Waals surface area contributed by atoms with Crippen molar-refractivity contribution < 1.29 is 4.79 Å². The van der Waals surface area contributed by atoms with Gasteiger partial charge in [0.15, 0.2) is 6.29 Å². The number of nitrogens with zero attached hydrogens (tertiary/aromatic N) is 2. The lowest BCUT2D eigenvalue weighted by molar-refractivity contribution is 0.111. The molecule has 3 nitrogen and oxygen atoms in total. The van der Waals surface area contributed by atoms with Crippen LogP contribution in [0.2, 0.25) is 0 Å². The fourth-order valence-corrected chi connectivity index (χ4v) is 1.76. The molecule has 0 unspecified atom stereocenters. The molecule has 0 saturated carbocycles. The second-order valence-electron chi connectivity index (χ2n) is 3.47. The van der Waals surface area contributed by atoms with Gasteiger partial charge in [0.25, 0.3) is 0 Å². The first-order valence-electron chi connectivity index (χ1n) is 4.78. The molecule has 0 spiro atoms. The first kappa shape index (κ1) is 9.65. The topological polar surface area (TPSA) is 34.9 Å². The van der Waals surface area contributed by atoms with E-state index >= 15 is 0 Å². The molecule has 1 aromatic heterocycles. The minimum atomic E-state index is 0.511. The van der Waals surface area contributed by atoms with E-state index in [9.17, 15) is 4.79 Å². The summed E-state index contributed by atoms with van der Waals surface area (Å²) in [6, 6.07) is 9.94. The summed E-state index contributed by atoms with van der Waals surface area (Å²) in [7, 11) is 1.85. The Hall–Kier alpha value is -1.90. The van der Waals surface area contributed by atoms with Crippen LogP contribution in [0.5, 0.6) is 0 Å². The first-order valence-corrected chi connectivity index (χ1v) is 4.78. The minimum absolute atomic E-state index is 0.511. The van der Waals surface area contributed by atoms with Gasteiger partial charge >= 0.3 is 0 Å². The molecule has 1 aromatic carbocycles. The molecule has 0 radical (unpaired) electrons. The molecule has 0 atom stereocenters. The summed E-state index contributed by atoms with van der Waals surface area (Å²) in [5.41, 5.74) is 3.52. The highest BCUT2D eigenvalue weighted by Gasteiger charge is 2.12. The van der Waals surface area contributed by atoms with Crippen LogP contribution in [0.4, 0.5) is 0 Å². The van der Waals surface area contributed by atoms with Gasteiger partial charge in [0.05, 0.1) is 5.69 Å². The molecule has 0 amide bonds. The zero-order valence-electron chi connectivity index (χ0n) is 8.77. The third-order valence-corrected chi connectivity index (χ3v) is 2.48. The summed E-state index contributed by atoms with van der Waals surface area (Å²) >= 11 is 0. The molecule has 2 aromatic rings. The van der Waals surface area contributed by atoms with Gasteiger partial charge < -0.3 is 0 Å². The second-order valence-corrected chi connectivity index (χ2v) is 3.47. The molecule has 0 aliphatic rings. The minimum Gasteiger partial charge on any atom is -0.296 e. The van der Waals surface area contributed by atoms with Crippen molar-refractivity contribution in [1.29, 1.82) is 0 Å². The molecule has 0 fully saturated rings. The molecule has 0 bridgehead atoms. The van der Waals surface area contributed by atoms with E-state index in [1.165, 1.54) is 0 Å². The molecule has 0 N–H and O–H groups in total. The van der Waals surface area contributed by atoms with Gasteiger partial charge in [-0.1, -0.05) is 30.3 Å². The molecule has 0 saturated heterocycles. The summed E-state index contributed by atoms with van der Waals surface area (Å²) < 4.78 is 1.74. The summed E-state index contributed by atoms with van der Waals surface area (Å²) in [6.45, 7) is 1.92. The predicted octanol–water partition coefficient (Wildman–Crippen LogP) is 2.21. The van der Waals surface area contributed by atoms with Gasteiger partial charge in [-0.05, 0) is 6.92 Å². The Labute approximate surface area is 88.4 Å². The number of aryl methyl sites for hydroxylation is 1. The van der Waals surface area contributed by atoms with Crippen molar-refractivity contribution in [3.8, 4) is 11.3 Å². The Morgan fingerprint density at radius 3 is 2.47 bits per heavy atom. The van der Waals surface area contributed by atoms with Crippen molar-refractivity contribution in [3.05, 3.63) is 41.6 Å². The van der Waals surface area contributed by atoms with Crippen molar-refractivity contribution in [3.63, 3.8) is 0 Å². The highest BCUT2D eigenvalue weighted by atomic mass is 16.1. The Balaban J connectivity index is 2.63. The predicted molar refractivity (Wildman–Crippen MR) is 58.8 cm³/mol. The van der Waals surface area contributed by atoms with Gasteiger partial charge in [-0.2, -0.15) is 5.10 Å². The van der Waals surface area contributed by atoms with E-state index in [1.54, 1.807) is 4.68 Å². The summed E-state index contributed by atoms with van der Waals surface area (Å²) in [4.78, 5) is 10.7. The smallest absolute Gasteiger partial charge is 0.170 e. The van der Waals surface area contributed by atoms with E-state index < -0.39 is 0 Å². The molecule has 76 valence electrons. The monoisotopic (exact) mass is 200 g/mol. The third kappa shape index (κ3) is 1.56. The maximum absolute atomic E-state index is 10.7. The Bertz CT molecular complexity index is 486. The summed E-state index contributed by atoms with van der Waals surface area (Å²) in [5.74, 6) is 0. The Morgan fingerprint density at radius 1 is 1.27 bits per heavy atom. The fraction of sp³-hybridized carbons (Fsp3) is 0.167. The largest absolute Gasteiger partial charge is 0.296 e. The zero-order chi connectivity index (χ0) is 10.8. The number of hydrogen-bond acceptors (Lipinski definition) is 2. The zero-order valence-corrected chi connectivity index (χ0v) is 8.77. The van der Waals surface area contributed by atoms with Crippen LogP contribution in [0.1, 0.15) is 16.1 Å². The molecular formula is C12H12N2O. The van der Waals surface area contributed by atoms with E-state index in [0.717, 1.165) is 23.1 Å². The van der Waals surface area contributed by atoms with E-state index in [4.69, 9.17) is 0 Å². The second kappa shape index (κ2) is 3.69.